The van der Waals surface area contributed by atoms with Gasteiger partial charge in [-0.2, -0.15) is 0 Å². The van der Waals surface area contributed by atoms with Gasteiger partial charge in [0.25, 0.3) is 0 Å². The van der Waals surface area contributed by atoms with Crippen molar-refractivity contribution >= 4 is 27.3 Å². The highest BCUT2D eigenvalue weighted by Crippen LogP contribution is 2.26. The van der Waals surface area contributed by atoms with E-state index in [0.29, 0.717) is 5.02 Å². The number of hydrogen-bond acceptors (Lipinski definition) is 3. The van der Waals surface area contributed by atoms with Gasteiger partial charge in [-0.15, -0.1) is 0 Å². The van der Waals surface area contributed by atoms with E-state index in [9.17, 15) is 8.42 Å². The van der Waals surface area contributed by atoms with E-state index in [1.54, 1.807) is 6.07 Å². The molecule has 1 saturated carbocycles. The zero-order chi connectivity index (χ0) is 11.1. The molecule has 15 heavy (non-hydrogen) atoms. The van der Waals surface area contributed by atoms with Crippen LogP contribution < -0.4 is 10.5 Å². The lowest BCUT2D eigenvalue weighted by atomic mass is 10.3. The van der Waals surface area contributed by atoms with Crippen LogP contribution in [0.3, 0.4) is 0 Å². The predicted octanol–water partition coefficient (Wildman–Crippen LogP) is 1.36. The lowest BCUT2D eigenvalue weighted by Crippen LogP contribution is -2.26. The first-order valence-electron chi connectivity index (χ1n) is 4.56. The van der Waals surface area contributed by atoms with Crippen LogP contribution >= 0.6 is 11.6 Å². The number of hydrogen-bond donors (Lipinski definition) is 2. The molecule has 0 spiro atoms. The second kappa shape index (κ2) is 3.66. The Bertz CT molecular complexity index is 483. The molecule has 4 nitrogen and oxygen atoms in total. The molecule has 0 saturated heterocycles. The van der Waals surface area contributed by atoms with E-state index in [1.165, 1.54) is 12.1 Å². The zero-order valence-corrected chi connectivity index (χ0v) is 9.48. The summed E-state index contributed by atoms with van der Waals surface area (Å²) in [6.45, 7) is 0. The van der Waals surface area contributed by atoms with Gasteiger partial charge in [-0.3, -0.25) is 0 Å². The van der Waals surface area contributed by atoms with Crippen LogP contribution in [0.2, 0.25) is 5.02 Å². The predicted molar refractivity (Wildman–Crippen MR) is 59.2 cm³/mol. The Labute approximate surface area is 93.5 Å². The van der Waals surface area contributed by atoms with Gasteiger partial charge < -0.3 is 5.73 Å². The molecule has 1 aliphatic rings. The minimum absolute atomic E-state index is 0.0573. The molecule has 82 valence electrons. The topological polar surface area (TPSA) is 72.2 Å². The minimum Gasteiger partial charge on any atom is -0.398 e. The van der Waals surface area contributed by atoms with Crippen molar-refractivity contribution in [2.45, 2.75) is 23.8 Å². The Morgan fingerprint density at radius 1 is 1.40 bits per heavy atom. The van der Waals surface area contributed by atoms with Gasteiger partial charge in [-0.05, 0) is 31.0 Å². The quantitative estimate of drug-likeness (QED) is 0.791. The lowest BCUT2D eigenvalue weighted by molar-refractivity contribution is 0.581. The maximum atomic E-state index is 11.8. The van der Waals surface area contributed by atoms with Crippen molar-refractivity contribution in [2.75, 3.05) is 5.73 Å². The molecule has 0 atom stereocenters. The van der Waals surface area contributed by atoms with E-state index in [4.69, 9.17) is 17.3 Å². The van der Waals surface area contributed by atoms with Crippen LogP contribution in [-0.2, 0) is 10.0 Å². The third kappa shape index (κ3) is 2.42. The third-order valence-corrected chi connectivity index (χ3v) is 3.98. The lowest BCUT2D eigenvalue weighted by Gasteiger charge is -2.08. The number of anilines is 1. The monoisotopic (exact) mass is 246 g/mol. The molecular weight excluding hydrogens is 236 g/mol. The van der Waals surface area contributed by atoms with Crippen molar-refractivity contribution < 1.29 is 8.42 Å². The molecule has 0 aromatic heterocycles. The summed E-state index contributed by atoms with van der Waals surface area (Å²) in [4.78, 5) is 0.0573. The average Bonchev–Trinajstić information content (AvgIpc) is 2.92. The molecule has 0 unspecified atom stereocenters. The minimum atomic E-state index is -3.51. The van der Waals surface area contributed by atoms with Gasteiger partial charge in [-0.1, -0.05) is 11.6 Å². The van der Waals surface area contributed by atoms with Crippen LogP contribution in [-0.4, -0.2) is 14.5 Å². The molecule has 1 aromatic carbocycles. The number of nitrogens with two attached hydrogens (primary N) is 1. The zero-order valence-electron chi connectivity index (χ0n) is 7.90. The van der Waals surface area contributed by atoms with Crippen molar-refractivity contribution in [3.63, 3.8) is 0 Å². The van der Waals surface area contributed by atoms with Crippen molar-refractivity contribution in [1.82, 2.24) is 4.72 Å². The SMILES string of the molecule is Nc1ccc(Cl)cc1S(=O)(=O)NC1CC1. The smallest absolute Gasteiger partial charge is 0.242 e. The summed E-state index contributed by atoms with van der Waals surface area (Å²) < 4.78 is 26.2. The highest BCUT2D eigenvalue weighted by atomic mass is 35.5. The first-order valence-corrected chi connectivity index (χ1v) is 6.42. The van der Waals surface area contributed by atoms with Crippen molar-refractivity contribution in [3.05, 3.63) is 23.2 Å². The van der Waals surface area contributed by atoms with E-state index in [-0.39, 0.29) is 16.6 Å². The fraction of sp³-hybridized carbons (Fsp3) is 0.333. The standard InChI is InChI=1S/C9H11ClN2O2S/c10-6-1-4-8(11)9(5-6)15(13,14)12-7-2-3-7/h1,4-5,7,12H,2-3,11H2. The van der Waals surface area contributed by atoms with Crippen LogP contribution in [0.5, 0.6) is 0 Å². The Hall–Kier alpha value is -0.780. The molecule has 1 aromatic rings. The number of nitrogen functional groups attached to an aromatic ring is 1. The van der Waals surface area contributed by atoms with E-state index >= 15 is 0 Å². The maximum absolute atomic E-state index is 11.8. The van der Waals surface area contributed by atoms with Gasteiger partial charge in [0.1, 0.15) is 4.90 Å². The first-order chi connectivity index (χ1) is 6.99. The van der Waals surface area contributed by atoms with Crippen molar-refractivity contribution in [2.24, 2.45) is 0 Å². The van der Waals surface area contributed by atoms with Gasteiger partial charge in [0.15, 0.2) is 0 Å². The van der Waals surface area contributed by atoms with Gasteiger partial charge >= 0.3 is 0 Å². The summed E-state index contributed by atoms with van der Waals surface area (Å²) in [5, 5.41) is 0.361. The fourth-order valence-electron chi connectivity index (χ4n) is 1.23. The summed E-state index contributed by atoms with van der Waals surface area (Å²) >= 11 is 5.73. The largest absolute Gasteiger partial charge is 0.398 e. The highest BCUT2D eigenvalue weighted by molar-refractivity contribution is 7.89. The molecule has 2 rings (SSSR count). The van der Waals surface area contributed by atoms with E-state index in [1.807, 2.05) is 0 Å². The molecule has 1 fully saturated rings. The van der Waals surface area contributed by atoms with Crippen molar-refractivity contribution in [3.8, 4) is 0 Å². The summed E-state index contributed by atoms with van der Waals surface area (Å²) in [7, 11) is -3.51. The van der Waals surface area contributed by atoms with E-state index in [2.05, 4.69) is 4.72 Å². The van der Waals surface area contributed by atoms with Gasteiger partial charge in [-0.25, -0.2) is 13.1 Å². The van der Waals surface area contributed by atoms with Crippen molar-refractivity contribution in [1.29, 1.82) is 0 Å². The maximum Gasteiger partial charge on any atom is 0.242 e. The number of nitrogens with one attached hydrogen (secondary N) is 1. The second-order valence-electron chi connectivity index (χ2n) is 3.58. The Kier molecular flexibility index (Phi) is 2.62. The Morgan fingerprint density at radius 2 is 2.07 bits per heavy atom. The van der Waals surface area contributed by atoms with Crippen LogP contribution in [0.1, 0.15) is 12.8 Å². The number of sulfonamides is 1. The van der Waals surface area contributed by atoms with Gasteiger partial charge in [0.05, 0.1) is 5.69 Å². The molecular formula is C9H11ClN2O2S. The van der Waals surface area contributed by atoms with Crippen LogP contribution in [0.4, 0.5) is 5.69 Å². The van der Waals surface area contributed by atoms with Gasteiger partial charge in [0, 0.05) is 11.1 Å². The molecule has 0 heterocycles. The average molecular weight is 247 g/mol. The van der Waals surface area contributed by atoms with Crippen LogP contribution in [0.25, 0.3) is 0 Å². The molecule has 0 bridgehead atoms. The highest BCUT2D eigenvalue weighted by Gasteiger charge is 2.29. The van der Waals surface area contributed by atoms with E-state index < -0.39 is 10.0 Å². The summed E-state index contributed by atoms with van der Waals surface area (Å²) in [5.41, 5.74) is 5.81. The summed E-state index contributed by atoms with van der Waals surface area (Å²) in [5.74, 6) is 0. The van der Waals surface area contributed by atoms with Gasteiger partial charge in [0.2, 0.25) is 10.0 Å². The normalized spacial score (nSPS) is 16.6. The van der Waals surface area contributed by atoms with Crippen LogP contribution in [0, 0.1) is 0 Å². The fourth-order valence-corrected chi connectivity index (χ4v) is 2.92. The number of halogens is 1. The molecule has 6 heteroatoms. The molecule has 3 N–H and O–H groups in total. The molecule has 1 aliphatic carbocycles. The third-order valence-electron chi connectivity index (χ3n) is 2.16. The molecule has 0 radical (unpaired) electrons. The first kappa shape index (κ1) is 10.7. The van der Waals surface area contributed by atoms with E-state index in [0.717, 1.165) is 12.8 Å². The number of benzene rings is 1. The van der Waals surface area contributed by atoms with Crippen LogP contribution in [0.15, 0.2) is 23.1 Å². The summed E-state index contributed by atoms with van der Waals surface area (Å²) in [6, 6.07) is 4.48. The Morgan fingerprint density at radius 3 is 2.67 bits per heavy atom. The Balaban J connectivity index is 2.38. The molecule has 0 aliphatic heterocycles. The molecule has 0 amide bonds. The number of rotatable bonds is 3. The second-order valence-corrected chi connectivity index (χ2v) is 5.70. The summed E-state index contributed by atoms with van der Waals surface area (Å²) in [6.07, 6.45) is 1.78.